The van der Waals surface area contributed by atoms with Crippen LogP contribution in [0.4, 0.5) is 19.0 Å². The molecule has 0 spiro atoms. The van der Waals surface area contributed by atoms with E-state index in [-0.39, 0.29) is 11.7 Å². The third kappa shape index (κ3) is 4.44. The fraction of sp³-hybridized carbons (Fsp3) is 0.412. The van der Waals surface area contributed by atoms with Crippen molar-refractivity contribution in [3.63, 3.8) is 0 Å². The molecule has 7 nitrogen and oxygen atoms in total. The Morgan fingerprint density at radius 1 is 1.26 bits per heavy atom. The lowest BCUT2D eigenvalue weighted by Crippen LogP contribution is -2.49. The first-order chi connectivity index (χ1) is 12.9. The molecule has 0 atom stereocenters. The van der Waals surface area contributed by atoms with E-state index in [1.54, 1.807) is 18.2 Å². The number of pyridine rings is 1. The molecule has 1 fully saturated rings. The van der Waals surface area contributed by atoms with Crippen LogP contribution in [-0.4, -0.2) is 52.1 Å². The number of hydrogen-bond donors (Lipinski definition) is 0. The zero-order chi connectivity index (χ0) is 19.4. The van der Waals surface area contributed by atoms with Gasteiger partial charge in [-0.05, 0) is 18.6 Å². The quantitative estimate of drug-likeness (QED) is 0.742. The number of alkyl halides is 3. The van der Waals surface area contributed by atoms with Gasteiger partial charge in [-0.3, -0.25) is 4.79 Å². The molecule has 2 aromatic rings. The van der Waals surface area contributed by atoms with Gasteiger partial charge in [0.2, 0.25) is 11.7 Å². The molecule has 0 saturated carbocycles. The summed E-state index contributed by atoms with van der Waals surface area (Å²) < 4.78 is 41.8. The minimum Gasteiger partial charge on any atom is -0.353 e. The molecule has 0 aliphatic carbocycles. The van der Waals surface area contributed by atoms with Crippen molar-refractivity contribution >= 4 is 11.7 Å². The summed E-state index contributed by atoms with van der Waals surface area (Å²) in [6.45, 7) is 6.07. The first-order valence-corrected chi connectivity index (χ1v) is 8.39. The number of carbonyl (C=O) groups is 1. The monoisotopic (exact) mass is 381 g/mol. The van der Waals surface area contributed by atoms with E-state index >= 15 is 0 Å². The van der Waals surface area contributed by atoms with Gasteiger partial charge >= 0.3 is 12.1 Å². The molecule has 3 heterocycles. The van der Waals surface area contributed by atoms with Gasteiger partial charge in [0.1, 0.15) is 5.82 Å². The maximum absolute atomic E-state index is 12.5. The minimum atomic E-state index is -4.68. The van der Waals surface area contributed by atoms with Crippen LogP contribution in [0, 0.1) is 0 Å². The predicted molar refractivity (Wildman–Crippen MR) is 90.8 cm³/mol. The predicted octanol–water partition coefficient (Wildman–Crippen LogP) is 2.77. The standard InChI is InChI=1S/C17H18F3N5O2/c1-2-3-4-14(26)25-9-7-24(8-10-25)13-6-5-12(11-21-13)15-22-16(27-23-15)17(18,19)20/h2,5-6,11H,1,3-4,7-10H2. The molecule has 0 aromatic carbocycles. The van der Waals surface area contributed by atoms with Crippen LogP contribution in [-0.2, 0) is 11.0 Å². The zero-order valence-electron chi connectivity index (χ0n) is 14.4. The lowest BCUT2D eigenvalue weighted by atomic mass is 10.2. The van der Waals surface area contributed by atoms with Crippen LogP contribution in [0.3, 0.4) is 0 Å². The van der Waals surface area contributed by atoms with E-state index in [1.165, 1.54) is 6.20 Å². The summed E-state index contributed by atoms with van der Waals surface area (Å²) in [5.41, 5.74) is 0.330. The van der Waals surface area contributed by atoms with E-state index in [0.717, 1.165) is 0 Å². The smallest absolute Gasteiger partial charge is 0.353 e. The summed E-state index contributed by atoms with van der Waals surface area (Å²) in [7, 11) is 0. The van der Waals surface area contributed by atoms with Crippen molar-refractivity contribution in [1.82, 2.24) is 20.0 Å². The highest BCUT2D eigenvalue weighted by Crippen LogP contribution is 2.29. The van der Waals surface area contributed by atoms with Crippen LogP contribution < -0.4 is 4.90 Å². The topological polar surface area (TPSA) is 75.4 Å². The fourth-order valence-electron chi connectivity index (χ4n) is 2.73. The minimum absolute atomic E-state index is 0.107. The molecule has 0 unspecified atom stereocenters. The van der Waals surface area contributed by atoms with Gasteiger partial charge in [-0.15, -0.1) is 6.58 Å². The summed E-state index contributed by atoms with van der Waals surface area (Å²) in [5.74, 6) is -0.773. The van der Waals surface area contributed by atoms with Gasteiger partial charge in [0.05, 0.1) is 0 Å². The maximum atomic E-state index is 12.5. The molecular formula is C17H18F3N5O2. The fourth-order valence-corrected chi connectivity index (χ4v) is 2.73. The summed E-state index contributed by atoms with van der Waals surface area (Å²) in [5, 5.41) is 3.34. The highest BCUT2D eigenvalue weighted by molar-refractivity contribution is 5.76. The Hall–Kier alpha value is -2.91. The Balaban J connectivity index is 1.61. The number of amides is 1. The number of aromatic nitrogens is 3. The van der Waals surface area contributed by atoms with Crippen molar-refractivity contribution in [3.05, 3.63) is 36.9 Å². The van der Waals surface area contributed by atoms with Crippen LogP contribution in [0.15, 0.2) is 35.5 Å². The average Bonchev–Trinajstić information content (AvgIpc) is 3.17. The van der Waals surface area contributed by atoms with Crippen molar-refractivity contribution < 1.29 is 22.5 Å². The SMILES string of the molecule is C=CCCC(=O)N1CCN(c2ccc(-c3noc(C(F)(F)F)n3)cn2)CC1. The van der Waals surface area contributed by atoms with Gasteiger partial charge in [-0.2, -0.15) is 18.2 Å². The Morgan fingerprint density at radius 3 is 2.56 bits per heavy atom. The molecule has 0 bridgehead atoms. The van der Waals surface area contributed by atoms with Gasteiger partial charge in [0, 0.05) is 44.4 Å². The average molecular weight is 381 g/mol. The van der Waals surface area contributed by atoms with Crippen LogP contribution in [0.5, 0.6) is 0 Å². The third-order valence-corrected chi connectivity index (χ3v) is 4.19. The molecule has 1 saturated heterocycles. The number of nitrogens with zero attached hydrogens (tertiary/aromatic N) is 5. The second-order valence-corrected chi connectivity index (χ2v) is 6.02. The van der Waals surface area contributed by atoms with Gasteiger partial charge in [-0.25, -0.2) is 4.98 Å². The number of piperazine rings is 1. The number of allylic oxidation sites excluding steroid dienone is 1. The summed E-state index contributed by atoms with van der Waals surface area (Å²) in [6, 6.07) is 3.28. The first-order valence-electron chi connectivity index (χ1n) is 8.39. The molecule has 1 aliphatic heterocycles. The summed E-state index contributed by atoms with van der Waals surface area (Å²) in [6.07, 6.45) is -0.431. The van der Waals surface area contributed by atoms with Gasteiger partial charge < -0.3 is 14.3 Å². The van der Waals surface area contributed by atoms with E-state index < -0.39 is 12.1 Å². The Labute approximate surface area is 153 Å². The van der Waals surface area contributed by atoms with Gasteiger partial charge in [0.15, 0.2) is 0 Å². The van der Waals surface area contributed by atoms with E-state index in [2.05, 4.69) is 26.2 Å². The Morgan fingerprint density at radius 2 is 2.00 bits per heavy atom. The van der Waals surface area contributed by atoms with Crippen LogP contribution in [0.1, 0.15) is 18.7 Å². The van der Waals surface area contributed by atoms with E-state index in [9.17, 15) is 18.0 Å². The Kier molecular flexibility index (Phi) is 5.43. The van der Waals surface area contributed by atoms with Crippen LogP contribution in [0.2, 0.25) is 0 Å². The highest BCUT2D eigenvalue weighted by Gasteiger charge is 2.38. The van der Waals surface area contributed by atoms with E-state index in [0.29, 0.717) is 50.4 Å². The van der Waals surface area contributed by atoms with Gasteiger partial charge in [-0.1, -0.05) is 11.2 Å². The second-order valence-electron chi connectivity index (χ2n) is 6.02. The van der Waals surface area contributed by atoms with Gasteiger partial charge in [0.25, 0.3) is 0 Å². The number of carbonyl (C=O) groups excluding carboxylic acids is 1. The summed E-state index contributed by atoms with van der Waals surface area (Å²) >= 11 is 0. The lowest BCUT2D eigenvalue weighted by Gasteiger charge is -2.35. The van der Waals surface area contributed by atoms with Crippen molar-refractivity contribution in [3.8, 4) is 11.4 Å². The molecular weight excluding hydrogens is 363 g/mol. The molecule has 27 heavy (non-hydrogen) atoms. The molecule has 1 amide bonds. The molecule has 3 rings (SSSR count). The summed E-state index contributed by atoms with van der Waals surface area (Å²) in [4.78, 5) is 23.5. The molecule has 1 aliphatic rings. The van der Waals surface area contributed by atoms with Crippen molar-refractivity contribution in [2.45, 2.75) is 19.0 Å². The lowest BCUT2D eigenvalue weighted by molar-refractivity contribution is -0.159. The maximum Gasteiger partial charge on any atom is 0.471 e. The third-order valence-electron chi connectivity index (χ3n) is 4.19. The van der Waals surface area contributed by atoms with Crippen molar-refractivity contribution in [2.75, 3.05) is 31.1 Å². The molecule has 144 valence electrons. The molecule has 10 heteroatoms. The Bertz CT molecular complexity index is 796. The first kappa shape index (κ1) is 18.9. The molecule has 0 radical (unpaired) electrons. The van der Waals surface area contributed by atoms with Crippen molar-refractivity contribution in [2.24, 2.45) is 0 Å². The number of halogens is 3. The van der Waals surface area contributed by atoms with E-state index in [4.69, 9.17) is 0 Å². The van der Waals surface area contributed by atoms with Crippen molar-refractivity contribution in [1.29, 1.82) is 0 Å². The number of anilines is 1. The number of rotatable bonds is 5. The second kappa shape index (κ2) is 7.77. The zero-order valence-corrected chi connectivity index (χ0v) is 14.4. The normalized spacial score (nSPS) is 15.1. The van der Waals surface area contributed by atoms with E-state index in [1.807, 2.05) is 9.80 Å². The molecule has 2 aromatic heterocycles. The van der Waals surface area contributed by atoms with Crippen LogP contribution in [0.25, 0.3) is 11.4 Å². The molecule has 0 N–H and O–H groups in total. The van der Waals surface area contributed by atoms with Crippen LogP contribution >= 0.6 is 0 Å². The number of hydrogen-bond acceptors (Lipinski definition) is 6. The largest absolute Gasteiger partial charge is 0.471 e. The highest BCUT2D eigenvalue weighted by atomic mass is 19.4.